The third-order valence-electron chi connectivity index (χ3n) is 2.70. The zero-order valence-electron chi connectivity index (χ0n) is 11.1. The molecule has 4 heteroatoms. The van der Waals surface area contributed by atoms with Crippen molar-refractivity contribution in [3.63, 3.8) is 0 Å². The number of amides is 1. The highest BCUT2D eigenvalue weighted by molar-refractivity contribution is 5.75. The van der Waals surface area contributed by atoms with Gasteiger partial charge in [0.1, 0.15) is 0 Å². The van der Waals surface area contributed by atoms with E-state index in [0.717, 1.165) is 26.1 Å². The fourth-order valence-electron chi connectivity index (χ4n) is 1.64. The summed E-state index contributed by atoms with van der Waals surface area (Å²) in [6.07, 6.45) is 5.73. The van der Waals surface area contributed by atoms with Crippen LogP contribution in [0.4, 0.5) is 0 Å². The number of aromatic nitrogens is 1. The lowest BCUT2D eigenvalue weighted by Gasteiger charge is -2.09. The van der Waals surface area contributed by atoms with Crippen LogP contribution in [0.3, 0.4) is 0 Å². The van der Waals surface area contributed by atoms with Crippen molar-refractivity contribution in [1.29, 1.82) is 0 Å². The summed E-state index contributed by atoms with van der Waals surface area (Å²) in [4.78, 5) is 13.0. The van der Waals surface area contributed by atoms with Crippen molar-refractivity contribution in [2.24, 2.45) is 0 Å². The van der Waals surface area contributed by atoms with E-state index >= 15 is 0 Å². The first-order valence-electron chi connectivity index (χ1n) is 6.19. The molecule has 1 heterocycles. The van der Waals surface area contributed by atoms with Gasteiger partial charge >= 0.3 is 0 Å². The summed E-state index contributed by atoms with van der Waals surface area (Å²) in [5, 5.41) is 3.29. The Morgan fingerprint density at radius 3 is 2.88 bits per heavy atom. The Bertz CT molecular complexity index is 344. The first-order valence-corrected chi connectivity index (χ1v) is 6.19. The van der Waals surface area contributed by atoms with Crippen molar-refractivity contribution >= 4 is 5.91 Å². The lowest BCUT2D eigenvalue weighted by Crippen LogP contribution is -2.21. The van der Waals surface area contributed by atoms with E-state index in [1.807, 2.05) is 0 Å². The molecule has 0 spiro atoms. The Kier molecular flexibility index (Phi) is 5.77. The Morgan fingerprint density at radius 2 is 2.24 bits per heavy atom. The predicted octanol–water partition coefficient (Wildman–Crippen LogP) is 1.47. The van der Waals surface area contributed by atoms with Crippen molar-refractivity contribution in [3.8, 4) is 0 Å². The topological polar surface area (TPSA) is 37.3 Å². The van der Waals surface area contributed by atoms with Crippen molar-refractivity contribution in [3.05, 3.63) is 24.0 Å². The molecule has 0 aliphatic heterocycles. The van der Waals surface area contributed by atoms with Gasteiger partial charge in [0.2, 0.25) is 5.91 Å². The van der Waals surface area contributed by atoms with Crippen molar-refractivity contribution < 1.29 is 4.79 Å². The van der Waals surface area contributed by atoms with Crippen LogP contribution >= 0.6 is 0 Å². The van der Waals surface area contributed by atoms with Gasteiger partial charge in [-0.05, 0) is 24.6 Å². The van der Waals surface area contributed by atoms with Crippen LogP contribution < -0.4 is 5.32 Å². The van der Waals surface area contributed by atoms with Crippen molar-refractivity contribution in [2.45, 2.75) is 32.9 Å². The number of hydrogen-bond donors (Lipinski definition) is 1. The molecule has 0 saturated carbocycles. The van der Waals surface area contributed by atoms with Crippen LogP contribution in [-0.4, -0.2) is 36.0 Å². The quantitative estimate of drug-likeness (QED) is 0.779. The maximum atomic E-state index is 11.4. The van der Waals surface area contributed by atoms with Crippen LogP contribution in [0.5, 0.6) is 0 Å². The van der Waals surface area contributed by atoms with E-state index in [-0.39, 0.29) is 5.91 Å². The molecule has 0 atom stereocenters. The normalized spacial score (nSPS) is 10.5. The molecule has 0 saturated heterocycles. The largest absolute Gasteiger partial charge is 0.354 e. The van der Waals surface area contributed by atoms with Crippen LogP contribution in [0.2, 0.25) is 0 Å². The first kappa shape index (κ1) is 13.8. The van der Waals surface area contributed by atoms with Gasteiger partial charge < -0.3 is 14.8 Å². The summed E-state index contributed by atoms with van der Waals surface area (Å²) in [5.41, 5.74) is 1.30. The Labute approximate surface area is 104 Å². The zero-order valence-corrected chi connectivity index (χ0v) is 11.1. The zero-order chi connectivity index (χ0) is 12.7. The average Bonchev–Trinajstić information content (AvgIpc) is 2.74. The number of carbonyl (C=O) groups is 1. The Hall–Kier alpha value is -1.29. The molecule has 0 aliphatic rings. The Morgan fingerprint density at radius 1 is 1.47 bits per heavy atom. The molecule has 4 nitrogen and oxygen atoms in total. The molecule has 1 amide bonds. The number of nitrogens with one attached hydrogen (secondary N) is 1. The predicted molar refractivity (Wildman–Crippen MR) is 69.7 cm³/mol. The maximum absolute atomic E-state index is 11.4. The van der Waals surface area contributed by atoms with E-state index in [0.29, 0.717) is 6.42 Å². The number of carbonyl (C=O) groups excluding carboxylic acids is 1. The summed E-state index contributed by atoms with van der Waals surface area (Å²) in [6, 6.07) is 2.12. The Balaban J connectivity index is 2.27. The molecule has 1 aromatic heterocycles. The highest BCUT2D eigenvalue weighted by atomic mass is 16.2. The molecule has 96 valence electrons. The molecule has 0 bridgehead atoms. The van der Waals surface area contributed by atoms with Gasteiger partial charge in [0.15, 0.2) is 0 Å². The van der Waals surface area contributed by atoms with E-state index in [1.165, 1.54) is 5.56 Å². The summed E-state index contributed by atoms with van der Waals surface area (Å²) < 4.78 is 2.15. The molecule has 1 N–H and O–H groups in total. The molecule has 0 fully saturated rings. The molecule has 0 aromatic carbocycles. The molecule has 1 rings (SSSR count). The third-order valence-corrected chi connectivity index (χ3v) is 2.70. The van der Waals surface area contributed by atoms with Crippen LogP contribution in [0.25, 0.3) is 0 Å². The average molecular weight is 237 g/mol. The van der Waals surface area contributed by atoms with Crippen LogP contribution in [0.1, 0.15) is 25.3 Å². The molecule has 1 aromatic rings. The maximum Gasteiger partial charge on any atom is 0.222 e. The van der Waals surface area contributed by atoms with Crippen molar-refractivity contribution in [2.75, 3.05) is 20.6 Å². The first-order chi connectivity index (χ1) is 8.13. The molecule has 0 unspecified atom stereocenters. The molecular weight excluding hydrogens is 214 g/mol. The van der Waals surface area contributed by atoms with E-state index in [9.17, 15) is 4.79 Å². The number of nitrogens with zero attached hydrogens (tertiary/aromatic N) is 2. The smallest absolute Gasteiger partial charge is 0.222 e. The fraction of sp³-hybridized carbons (Fsp3) is 0.615. The van der Waals surface area contributed by atoms with Gasteiger partial charge in [0.25, 0.3) is 0 Å². The standard InChI is InChI=1S/C13H23N3O/c1-4-14-10-12-7-9-16(11-12)8-5-6-13(17)15(2)3/h7,9,11,14H,4-6,8,10H2,1-3H3. The van der Waals surface area contributed by atoms with Crippen LogP contribution in [0, 0.1) is 0 Å². The highest BCUT2D eigenvalue weighted by Crippen LogP contribution is 2.04. The van der Waals surface area contributed by atoms with Crippen LogP contribution in [-0.2, 0) is 17.9 Å². The highest BCUT2D eigenvalue weighted by Gasteiger charge is 2.03. The lowest BCUT2D eigenvalue weighted by molar-refractivity contribution is -0.128. The van der Waals surface area contributed by atoms with Gasteiger partial charge in [-0.15, -0.1) is 0 Å². The van der Waals surface area contributed by atoms with E-state index in [2.05, 4.69) is 35.3 Å². The fourth-order valence-corrected chi connectivity index (χ4v) is 1.64. The SMILES string of the molecule is CCNCc1ccn(CCCC(=O)N(C)C)c1. The minimum atomic E-state index is 0.199. The minimum absolute atomic E-state index is 0.199. The van der Waals surface area contributed by atoms with E-state index < -0.39 is 0 Å². The van der Waals surface area contributed by atoms with Gasteiger partial charge in [0.05, 0.1) is 0 Å². The second kappa shape index (κ2) is 7.12. The summed E-state index contributed by atoms with van der Waals surface area (Å²) in [6.45, 7) is 4.91. The molecule has 17 heavy (non-hydrogen) atoms. The summed E-state index contributed by atoms with van der Waals surface area (Å²) in [5.74, 6) is 0.199. The lowest BCUT2D eigenvalue weighted by atomic mass is 10.3. The van der Waals surface area contributed by atoms with Crippen LogP contribution in [0.15, 0.2) is 18.5 Å². The summed E-state index contributed by atoms with van der Waals surface area (Å²) in [7, 11) is 3.60. The molecular formula is C13H23N3O. The molecule has 0 aliphatic carbocycles. The number of hydrogen-bond acceptors (Lipinski definition) is 2. The van der Waals surface area contributed by atoms with Crippen molar-refractivity contribution in [1.82, 2.24) is 14.8 Å². The van der Waals surface area contributed by atoms with E-state index in [1.54, 1.807) is 19.0 Å². The second-order valence-corrected chi connectivity index (χ2v) is 4.43. The number of aryl methyl sites for hydroxylation is 1. The van der Waals surface area contributed by atoms with Gasteiger partial charge in [-0.3, -0.25) is 4.79 Å². The monoisotopic (exact) mass is 237 g/mol. The van der Waals surface area contributed by atoms with E-state index in [4.69, 9.17) is 0 Å². The summed E-state index contributed by atoms with van der Waals surface area (Å²) >= 11 is 0. The van der Waals surface area contributed by atoms with Gasteiger partial charge in [0, 0.05) is 46.0 Å². The van der Waals surface area contributed by atoms with Gasteiger partial charge in [-0.1, -0.05) is 6.92 Å². The van der Waals surface area contributed by atoms with Gasteiger partial charge in [-0.25, -0.2) is 0 Å². The minimum Gasteiger partial charge on any atom is -0.354 e. The van der Waals surface area contributed by atoms with Gasteiger partial charge in [-0.2, -0.15) is 0 Å². The molecule has 0 radical (unpaired) electrons. The second-order valence-electron chi connectivity index (χ2n) is 4.43. The third kappa shape index (κ3) is 5.04. The number of rotatable bonds is 7.